The van der Waals surface area contributed by atoms with Gasteiger partial charge >= 0.3 is 0 Å². The van der Waals surface area contributed by atoms with E-state index in [9.17, 15) is 13.2 Å². The number of aliphatic hydroxyl groups is 1. The maximum atomic E-state index is 12.2. The van der Waals surface area contributed by atoms with Gasteiger partial charge in [0.05, 0.1) is 0 Å². The highest BCUT2D eigenvalue weighted by Gasteiger charge is 2.27. The van der Waals surface area contributed by atoms with E-state index in [-0.39, 0.29) is 29.3 Å². The molecule has 1 fully saturated rings. The second kappa shape index (κ2) is 5.94. The van der Waals surface area contributed by atoms with Gasteiger partial charge in [-0.3, -0.25) is 4.79 Å². The lowest BCUT2D eigenvalue weighted by Gasteiger charge is -2.31. The molecule has 0 radical (unpaired) electrons. The second-order valence-corrected chi connectivity index (χ2v) is 6.59. The van der Waals surface area contributed by atoms with E-state index in [0.29, 0.717) is 13.1 Å². The number of rotatable bonds is 4. The molecule has 1 amide bonds. The number of carbonyl (C=O) groups excluding carboxylic acids is 1. The summed E-state index contributed by atoms with van der Waals surface area (Å²) in [6.45, 7) is 1.09. The van der Waals surface area contributed by atoms with E-state index >= 15 is 0 Å². The molecule has 1 aliphatic rings. The molecular formula is C12H18N2O5S. The van der Waals surface area contributed by atoms with Crippen molar-refractivity contribution >= 4 is 15.9 Å². The SMILES string of the molecule is CNS(=O)(=O)c1ccc(C(=O)N2CCCC(CO)C2)o1. The summed E-state index contributed by atoms with van der Waals surface area (Å²) in [6.07, 6.45) is 1.71. The van der Waals surface area contributed by atoms with Crippen LogP contribution >= 0.6 is 0 Å². The molecular weight excluding hydrogens is 284 g/mol. The summed E-state index contributed by atoms with van der Waals surface area (Å²) in [5.74, 6) is -0.277. The van der Waals surface area contributed by atoms with E-state index in [0.717, 1.165) is 12.8 Å². The number of sulfonamides is 1. The largest absolute Gasteiger partial charge is 0.438 e. The van der Waals surface area contributed by atoms with Gasteiger partial charge in [0.25, 0.3) is 15.9 Å². The first kappa shape index (κ1) is 15.0. The molecule has 0 spiro atoms. The van der Waals surface area contributed by atoms with Crippen LogP contribution in [0.1, 0.15) is 23.4 Å². The van der Waals surface area contributed by atoms with Crippen molar-refractivity contribution in [3.8, 4) is 0 Å². The van der Waals surface area contributed by atoms with Crippen molar-refractivity contribution in [1.82, 2.24) is 9.62 Å². The Morgan fingerprint density at radius 1 is 1.55 bits per heavy atom. The predicted molar refractivity (Wildman–Crippen MR) is 70.7 cm³/mol. The molecule has 7 nitrogen and oxygen atoms in total. The molecule has 8 heteroatoms. The second-order valence-electron chi connectivity index (χ2n) is 4.77. The van der Waals surface area contributed by atoms with E-state index < -0.39 is 10.0 Å². The number of aliphatic hydroxyl groups excluding tert-OH is 1. The molecule has 2 rings (SSSR count). The van der Waals surface area contributed by atoms with Gasteiger partial charge in [0.1, 0.15) is 0 Å². The number of likely N-dealkylation sites (tertiary alicyclic amines) is 1. The monoisotopic (exact) mass is 302 g/mol. The van der Waals surface area contributed by atoms with Crippen molar-refractivity contribution in [2.75, 3.05) is 26.7 Å². The van der Waals surface area contributed by atoms with Crippen LogP contribution < -0.4 is 4.72 Å². The van der Waals surface area contributed by atoms with Crippen LogP contribution in [0.2, 0.25) is 0 Å². The zero-order valence-electron chi connectivity index (χ0n) is 11.2. The van der Waals surface area contributed by atoms with Gasteiger partial charge in [0.15, 0.2) is 5.76 Å². The standard InChI is InChI=1S/C12H18N2O5S/c1-13-20(17,18)11-5-4-10(19-11)12(16)14-6-2-3-9(7-14)8-15/h4-5,9,13,15H,2-3,6-8H2,1H3. The molecule has 112 valence electrons. The highest BCUT2D eigenvalue weighted by Crippen LogP contribution is 2.20. The molecule has 0 aliphatic carbocycles. The van der Waals surface area contributed by atoms with Gasteiger partial charge < -0.3 is 14.4 Å². The molecule has 0 saturated carbocycles. The van der Waals surface area contributed by atoms with E-state index in [1.54, 1.807) is 4.90 Å². The maximum absolute atomic E-state index is 12.2. The van der Waals surface area contributed by atoms with Crippen molar-refractivity contribution in [2.45, 2.75) is 17.9 Å². The van der Waals surface area contributed by atoms with Crippen LogP contribution in [0, 0.1) is 5.92 Å². The van der Waals surface area contributed by atoms with E-state index in [4.69, 9.17) is 9.52 Å². The first-order valence-corrected chi connectivity index (χ1v) is 7.89. The first-order valence-electron chi connectivity index (χ1n) is 6.41. The zero-order valence-corrected chi connectivity index (χ0v) is 12.0. The molecule has 1 saturated heterocycles. The van der Waals surface area contributed by atoms with Gasteiger partial charge in [0, 0.05) is 19.7 Å². The fraction of sp³-hybridized carbons (Fsp3) is 0.583. The van der Waals surface area contributed by atoms with E-state index in [2.05, 4.69) is 4.72 Å². The highest BCUT2D eigenvalue weighted by molar-refractivity contribution is 7.89. The molecule has 20 heavy (non-hydrogen) atoms. The number of piperidine rings is 1. The minimum absolute atomic E-state index is 0.00239. The van der Waals surface area contributed by atoms with Crippen molar-refractivity contribution in [3.05, 3.63) is 17.9 Å². The van der Waals surface area contributed by atoms with Crippen LogP contribution in [-0.4, -0.2) is 51.1 Å². The lowest BCUT2D eigenvalue weighted by molar-refractivity contribution is 0.0585. The number of nitrogens with one attached hydrogen (secondary N) is 1. The quantitative estimate of drug-likeness (QED) is 0.817. The van der Waals surface area contributed by atoms with E-state index in [1.807, 2.05) is 0 Å². The van der Waals surface area contributed by atoms with Gasteiger partial charge in [-0.25, -0.2) is 13.1 Å². The Bertz CT molecular complexity index is 580. The molecule has 2 heterocycles. The summed E-state index contributed by atoms with van der Waals surface area (Å²) in [7, 11) is -2.41. The fourth-order valence-corrected chi connectivity index (χ4v) is 2.88. The Balaban J connectivity index is 2.14. The number of carbonyl (C=O) groups is 1. The summed E-state index contributed by atoms with van der Waals surface area (Å²) in [6, 6.07) is 2.61. The fourth-order valence-electron chi connectivity index (χ4n) is 2.23. The smallest absolute Gasteiger partial charge is 0.289 e. The lowest BCUT2D eigenvalue weighted by Crippen LogP contribution is -2.40. The molecule has 1 atom stereocenters. The predicted octanol–water partition coefficient (Wildman–Crippen LogP) is 0.0322. The minimum atomic E-state index is -3.68. The van der Waals surface area contributed by atoms with Crippen molar-refractivity contribution in [1.29, 1.82) is 0 Å². The molecule has 2 N–H and O–H groups in total. The number of hydrogen-bond donors (Lipinski definition) is 2. The van der Waals surface area contributed by atoms with Gasteiger partial charge in [-0.2, -0.15) is 0 Å². The van der Waals surface area contributed by atoms with Crippen LogP contribution in [0.15, 0.2) is 21.6 Å². The van der Waals surface area contributed by atoms with Crippen molar-refractivity contribution in [3.63, 3.8) is 0 Å². The Labute approximate surface area is 117 Å². The molecule has 1 unspecified atom stereocenters. The maximum Gasteiger partial charge on any atom is 0.289 e. The number of furan rings is 1. The normalized spacial score (nSPS) is 20.1. The summed E-state index contributed by atoms with van der Waals surface area (Å²) in [5.41, 5.74) is 0. The molecule has 1 aliphatic heterocycles. The number of amides is 1. The topological polar surface area (TPSA) is 99.9 Å². The van der Waals surface area contributed by atoms with Crippen molar-refractivity contribution in [2.24, 2.45) is 5.92 Å². The van der Waals surface area contributed by atoms with Crippen molar-refractivity contribution < 1.29 is 22.7 Å². The zero-order chi connectivity index (χ0) is 14.8. The Morgan fingerprint density at radius 2 is 2.30 bits per heavy atom. The van der Waals surface area contributed by atoms with Gasteiger partial charge in [-0.1, -0.05) is 0 Å². The summed E-state index contributed by atoms with van der Waals surface area (Å²) in [5, 5.41) is 8.88. The molecule has 0 aromatic carbocycles. The Hall–Kier alpha value is -1.38. The number of nitrogens with zero attached hydrogens (tertiary/aromatic N) is 1. The summed E-state index contributed by atoms with van der Waals surface area (Å²) >= 11 is 0. The lowest BCUT2D eigenvalue weighted by atomic mass is 9.99. The van der Waals surface area contributed by atoms with Gasteiger partial charge in [-0.15, -0.1) is 0 Å². The van der Waals surface area contributed by atoms with Crippen LogP contribution in [0.5, 0.6) is 0 Å². The third-order valence-corrected chi connectivity index (χ3v) is 4.68. The molecule has 1 aromatic heterocycles. The van der Waals surface area contributed by atoms with E-state index in [1.165, 1.54) is 19.2 Å². The summed E-state index contributed by atoms with van der Waals surface area (Å²) in [4.78, 5) is 13.8. The third-order valence-electron chi connectivity index (χ3n) is 3.39. The average molecular weight is 302 g/mol. The van der Waals surface area contributed by atoms with Crippen LogP contribution in [0.3, 0.4) is 0 Å². The third kappa shape index (κ3) is 3.02. The summed E-state index contributed by atoms with van der Waals surface area (Å²) < 4.78 is 30.3. The molecule has 0 bridgehead atoms. The molecule has 1 aromatic rings. The van der Waals surface area contributed by atoms with Crippen LogP contribution in [0.4, 0.5) is 0 Å². The average Bonchev–Trinajstić information content (AvgIpc) is 2.97. The Morgan fingerprint density at radius 3 is 2.95 bits per heavy atom. The number of hydrogen-bond acceptors (Lipinski definition) is 5. The van der Waals surface area contributed by atoms with Crippen LogP contribution in [0.25, 0.3) is 0 Å². The first-order chi connectivity index (χ1) is 9.47. The highest BCUT2D eigenvalue weighted by atomic mass is 32.2. The van der Waals surface area contributed by atoms with Crippen LogP contribution in [-0.2, 0) is 10.0 Å². The minimum Gasteiger partial charge on any atom is -0.438 e. The Kier molecular flexibility index (Phi) is 4.46. The van der Waals surface area contributed by atoms with Gasteiger partial charge in [0.2, 0.25) is 5.09 Å². The van der Waals surface area contributed by atoms with Gasteiger partial charge in [-0.05, 0) is 37.9 Å².